The number of rotatable bonds is 4. The quantitative estimate of drug-likeness (QED) is 0.868. The lowest BCUT2D eigenvalue weighted by Crippen LogP contribution is -2.42. The Labute approximate surface area is 104 Å². The lowest BCUT2D eigenvalue weighted by Gasteiger charge is -2.35. The van der Waals surface area contributed by atoms with Gasteiger partial charge in [-0.05, 0) is 44.4 Å². The highest BCUT2D eigenvalue weighted by molar-refractivity contribution is 5.17. The van der Waals surface area contributed by atoms with Crippen molar-refractivity contribution in [1.82, 2.24) is 9.88 Å². The van der Waals surface area contributed by atoms with Crippen LogP contribution in [0.3, 0.4) is 0 Å². The summed E-state index contributed by atoms with van der Waals surface area (Å²) in [7, 11) is 0. The smallest absolute Gasteiger partial charge is 0.0517 e. The van der Waals surface area contributed by atoms with Crippen molar-refractivity contribution in [2.45, 2.75) is 51.2 Å². The van der Waals surface area contributed by atoms with E-state index in [-0.39, 0.29) is 6.04 Å². The van der Waals surface area contributed by atoms with Crippen LogP contribution in [0.25, 0.3) is 0 Å². The number of likely N-dealkylation sites (tertiary alicyclic amines) is 1. The largest absolute Gasteiger partial charge is 0.326 e. The highest BCUT2D eigenvalue weighted by atomic mass is 15.2. The summed E-state index contributed by atoms with van der Waals surface area (Å²) in [5.74, 6) is 0. The maximum absolute atomic E-state index is 6.32. The van der Waals surface area contributed by atoms with E-state index in [1.54, 1.807) is 0 Å². The van der Waals surface area contributed by atoms with Gasteiger partial charge in [-0.2, -0.15) is 0 Å². The Morgan fingerprint density at radius 1 is 1.59 bits per heavy atom. The Morgan fingerprint density at radius 3 is 2.94 bits per heavy atom. The molecule has 0 spiro atoms. The van der Waals surface area contributed by atoms with Crippen molar-refractivity contribution in [3.8, 4) is 0 Å². The third kappa shape index (κ3) is 2.67. The highest BCUT2D eigenvalue weighted by Gasteiger charge is 2.32. The fraction of sp³-hybridized carbons (Fsp3) is 0.643. The number of aromatic nitrogens is 1. The molecule has 1 aliphatic rings. The summed E-state index contributed by atoms with van der Waals surface area (Å²) in [5, 5.41) is 0. The lowest BCUT2D eigenvalue weighted by molar-refractivity contribution is 0.163. The van der Waals surface area contributed by atoms with E-state index in [4.69, 9.17) is 5.73 Å². The van der Waals surface area contributed by atoms with E-state index >= 15 is 0 Å². The average molecular weight is 233 g/mol. The van der Waals surface area contributed by atoms with Crippen LogP contribution >= 0.6 is 0 Å². The maximum atomic E-state index is 6.32. The van der Waals surface area contributed by atoms with Gasteiger partial charge >= 0.3 is 0 Å². The molecule has 1 aliphatic heterocycles. The summed E-state index contributed by atoms with van der Waals surface area (Å²) in [6.07, 6.45) is 7.36. The van der Waals surface area contributed by atoms with Gasteiger partial charge in [-0.25, -0.2) is 0 Å². The zero-order valence-corrected chi connectivity index (χ0v) is 10.8. The lowest BCUT2D eigenvalue weighted by atomic mass is 9.97. The van der Waals surface area contributed by atoms with Crippen molar-refractivity contribution in [3.63, 3.8) is 0 Å². The second kappa shape index (κ2) is 5.61. The molecule has 1 saturated heterocycles. The number of nitrogens with zero attached hydrogens (tertiary/aromatic N) is 2. The topological polar surface area (TPSA) is 42.1 Å². The normalized spacial score (nSPS) is 24.8. The Hall–Kier alpha value is -0.930. The number of nitrogens with two attached hydrogens (primary N) is 1. The maximum Gasteiger partial charge on any atom is 0.0517 e. The second-order valence-corrected chi connectivity index (χ2v) is 5.03. The first kappa shape index (κ1) is 12.5. The third-order valence-corrected chi connectivity index (χ3v) is 3.86. The minimum absolute atomic E-state index is 0.194. The van der Waals surface area contributed by atoms with Gasteiger partial charge in [0.05, 0.1) is 6.04 Å². The molecule has 2 rings (SSSR count). The predicted octanol–water partition coefficient (Wildman–Crippen LogP) is 2.34. The number of hydrogen-bond donors (Lipinski definition) is 1. The van der Waals surface area contributed by atoms with E-state index in [0.29, 0.717) is 12.1 Å². The standard InChI is InChI=1S/C14H23N3/c1-3-13(15)14(12-7-4-8-16-10-12)17-9-5-6-11(17)2/h4,7-8,10-11,13-14H,3,5-6,9,15H2,1-2H3. The minimum atomic E-state index is 0.194. The van der Waals surface area contributed by atoms with E-state index in [2.05, 4.69) is 29.8 Å². The van der Waals surface area contributed by atoms with Crippen LogP contribution in [0.2, 0.25) is 0 Å². The molecule has 17 heavy (non-hydrogen) atoms. The fourth-order valence-electron chi connectivity index (χ4n) is 2.83. The van der Waals surface area contributed by atoms with Crippen LogP contribution < -0.4 is 5.73 Å². The third-order valence-electron chi connectivity index (χ3n) is 3.86. The van der Waals surface area contributed by atoms with E-state index in [9.17, 15) is 0 Å². The first-order chi connectivity index (χ1) is 8.24. The van der Waals surface area contributed by atoms with Crippen LogP contribution in [0, 0.1) is 0 Å². The summed E-state index contributed by atoms with van der Waals surface area (Å²) in [6, 6.07) is 5.31. The molecule has 0 bridgehead atoms. The van der Waals surface area contributed by atoms with Crippen molar-refractivity contribution in [1.29, 1.82) is 0 Å². The van der Waals surface area contributed by atoms with E-state index < -0.39 is 0 Å². The van der Waals surface area contributed by atoms with Crippen molar-refractivity contribution in [2.24, 2.45) is 5.73 Å². The molecular weight excluding hydrogens is 210 g/mol. The Bertz CT molecular complexity index is 339. The van der Waals surface area contributed by atoms with E-state index in [0.717, 1.165) is 13.0 Å². The molecule has 94 valence electrons. The Morgan fingerprint density at radius 2 is 2.41 bits per heavy atom. The molecule has 0 aliphatic carbocycles. The molecule has 3 unspecified atom stereocenters. The summed E-state index contributed by atoms with van der Waals surface area (Å²) >= 11 is 0. The summed E-state index contributed by atoms with van der Waals surface area (Å²) < 4.78 is 0. The average Bonchev–Trinajstić information content (AvgIpc) is 2.77. The van der Waals surface area contributed by atoms with Gasteiger partial charge in [0.1, 0.15) is 0 Å². The zero-order valence-electron chi connectivity index (χ0n) is 10.8. The molecule has 0 amide bonds. The highest BCUT2D eigenvalue weighted by Crippen LogP contribution is 2.31. The van der Waals surface area contributed by atoms with Crippen LogP contribution in [0.5, 0.6) is 0 Å². The monoisotopic (exact) mass is 233 g/mol. The second-order valence-electron chi connectivity index (χ2n) is 5.03. The molecule has 3 heteroatoms. The molecule has 1 aromatic rings. The first-order valence-electron chi connectivity index (χ1n) is 6.65. The zero-order chi connectivity index (χ0) is 12.3. The molecule has 2 heterocycles. The van der Waals surface area contributed by atoms with Crippen molar-refractivity contribution in [2.75, 3.05) is 6.54 Å². The summed E-state index contributed by atoms with van der Waals surface area (Å²) in [5.41, 5.74) is 7.58. The minimum Gasteiger partial charge on any atom is -0.326 e. The molecule has 3 atom stereocenters. The van der Waals surface area contributed by atoms with Crippen LogP contribution in [0.15, 0.2) is 24.5 Å². The molecule has 3 nitrogen and oxygen atoms in total. The van der Waals surface area contributed by atoms with Gasteiger partial charge in [-0.3, -0.25) is 9.88 Å². The summed E-state index contributed by atoms with van der Waals surface area (Å²) in [6.45, 7) is 5.63. The fourth-order valence-corrected chi connectivity index (χ4v) is 2.83. The molecule has 0 saturated carbocycles. The first-order valence-corrected chi connectivity index (χ1v) is 6.65. The van der Waals surface area contributed by atoms with Crippen molar-refractivity contribution >= 4 is 0 Å². The van der Waals surface area contributed by atoms with Gasteiger partial charge in [0.25, 0.3) is 0 Å². The van der Waals surface area contributed by atoms with Crippen molar-refractivity contribution < 1.29 is 0 Å². The molecule has 1 fully saturated rings. The number of hydrogen-bond acceptors (Lipinski definition) is 3. The Balaban J connectivity index is 2.25. The van der Waals surface area contributed by atoms with E-state index in [1.807, 2.05) is 18.5 Å². The predicted molar refractivity (Wildman–Crippen MR) is 70.6 cm³/mol. The van der Waals surface area contributed by atoms with Gasteiger partial charge in [-0.15, -0.1) is 0 Å². The molecule has 0 aromatic carbocycles. The van der Waals surface area contributed by atoms with Crippen LogP contribution in [-0.2, 0) is 0 Å². The van der Waals surface area contributed by atoms with E-state index in [1.165, 1.54) is 18.4 Å². The molecular formula is C14H23N3. The molecule has 1 aromatic heterocycles. The van der Waals surface area contributed by atoms with Gasteiger partial charge in [0, 0.05) is 24.5 Å². The van der Waals surface area contributed by atoms with Crippen molar-refractivity contribution in [3.05, 3.63) is 30.1 Å². The van der Waals surface area contributed by atoms with Crippen LogP contribution in [0.1, 0.15) is 44.7 Å². The molecule has 0 radical (unpaired) electrons. The Kier molecular flexibility index (Phi) is 4.13. The number of pyridine rings is 1. The molecule has 2 N–H and O–H groups in total. The van der Waals surface area contributed by atoms with Crippen LogP contribution in [-0.4, -0.2) is 28.5 Å². The van der Waals surface area contributed by atoms with Gasteiger partial charge < -0.3 is 5.73 Å². The van der Waals surface area contributed by atoms with Gasteiger partial charge in [-0.1, -0.05) is 13.0 Å². The van der Waals surface area contributed by atoms with Gasteiger partial charge in [0.15, 0.2) is 0 Å². The summed E-state index contributed by atoms with van der Waals surface area (Å²) in [4.78, 5) is 6.78. The SMILES string of the molecule is CCC(N)C(c1cccnc1)N1CCCC1C. The van der Waals surface area contributed by atoms with Crippen LogP contribution in [0.4, 0.5) is 0 Å². The van der Waals surface area contributed by atoms with Gasteiger partial charge in [0.2, 0.25) is 0 Å².